The highest BCUT2D eigenvalue weighted by molar-refractivity contribution is 9.10. The molecular weight excluding hydrogens is 515 g/mol. The molecule has 6 nitrogen and oxygen atoms in total. The zero-order chi connectivity index (χ0) is 24.8. The third kappa shape index (κ3) is 7.04. The lowest BCUT2D eigenvalue weighted by Gasteiger charge is -2.44. The van der Waals surface area contributed by atoms with E-state index in [0.29, 0.717) is 24.4 Å². The van der Waals surface area contributed by atoms with E-state index in [2.05, 4.69) is 20.8 Å². The van der Waals surface area contributed by atoms with Crippen molar-refractivity contribution in [2.45, 2.75) is 38.5 Å². The molecule has 188 valence electrons. The summed E-state index contributed by atoms with van der Waals surface area (Å²) in [7, 11) is 0. The van der Waals surface area contributed by atoms with Gasteiger partial charge in [-0.15, -0.1) is 0 Å². The van der Waals surface area contributed by atoms with Crippen molar-refractivity contribution in [3.05, 3.63) is 63.9 Å². The molecule has 2 aliphatic rings. The standard InChI is InChI=1S/C27H32BrFN2O4/c28-22-5-8-24(21(15-22)16-26(33)34)35-18-25(32)31-13-9-27(10-14-31,19-30-11-1-2-12-30)17-20-3-6-23(29)7-4-20/h3-8,15H,1-2,9-14,16-19H2,(H,33,34). The van der Waals surface area contributed by atoms with E-state index in [1.807, 2.05) is 17.0 Å². The van der Waals surface area contributed by atoms with Gasteiger partial charge in [-0.05, 0) is 86.5 Å². The number of likely N-dealkylation sites (tertiary alicyclic amines) is 2. The van der Waals surface area contributed by atoms with Crippen LogP contribution in [-0.4, -0.2) is 66.1 Å². The van der Waals surface area contributed by atoms with Crippen molar-refractivity contribution in [1.29, 1.82) is 0 Å². The van der Waals surface area contributed by atoms with E-state index in [1.165, 1.54) is 25.0 Å². The van der Waals surface area contributed by atoms with Crippen LogP contribution in [0.25, 0.3) is 0 Å². The first-order valence-electron chi connectivity index (χ1n) is 12.2. The minimum atomic E-state index is -0.953. The van der Waals surface area contributed by atoms with E-state index in [0.717, 1.165) is 48.9 Å². The predicted molar refractivity (Wildman–Crippen MR) is 135 cm³/mol. The van der Waals surface area contributed by atoms with Crippen LogP contribution in [0.5, 0.6) is 5.75 Å². The normalized spacial score (nSPS) is 17.9. The van der Waals surface area contributed by atoms with Crippen molar-refractivity contribution < 1.29 is 23.8 Å². The Morgan fingerprint density at radius 2 is 1.71 bits per heavy atom. The number of carboxylic acid groups (broad SMARTS) is 1. The second-order valence-electron chi connectivity index (χ2n) is 9.78. The lowest BCUT2D eigenvalue weighted by Crippen LogP contribution is -2.49. The van der Waals surface area contributed by atoms with Crippen molar-refractivity contribution in [1.82, 2.24) is 9.80 Å². The molecule has 0 radical (unpaired) electrons. The number of piperidine rings is 1. The molecule has 2 aliphatic heterocycles. The number of ether oxygens (including phenoxy) is 1. The van der Waals surface area contributed by atoms with Gasteiger partial charge in [-0.3, -0.25) is 9.59 Å². The maximum absolute atomic E-state index is 13.4. The number of hydrogen-bond acceptors (Lipinski definition) is 4. The van der Waals surface area contributed by atoms with Gasteiger partial charge in [0, 0.05) is 29.7 Å². The second kappa shape index (κ2) is 11.5. The smallest absolute Gasteiger partial charge is 0.307 e. The minimum absolute atomic E-state index is 0.0557. The van der Waals surface area contributed by atoms with Gasteiger partial charge in [-0.25, -0.2) is 4.39 Å². The molecule has 1 amide bonds. The molecule has 0 unspecified atom stereocenters. The summed E-state index contributed by atoms with van der Waals surface area (Å²) in [6.45, 7) is 4.42. The molecule has 2 heterocycles. The number of halogens is 2. The Morgan fingerprint density at radius 1 is 1.03 bits per heavy atom. The Kier molecular flexibility index (Phi) is 8.44. The highest BCUT2D eigenvalue weighted by Crippen LogP contribution is 2.37. The molecule has 2 saturated heterocycles. The summed E-state index contributed by atoms with van der Waals surface area (Å²) >= 11 is 3.35. The first kappa shape index (κ1) is 25.6. The van der Waals surface area contributed by atoms with Gasteiger partial charge in [0.15, 0.2) is 6.61 Å². The number of amides is 1. The highest BCUT2D eigenvalue weighted by Gasteiger charge is 2.38. The Morgan fingerprint density at radius 3 is 2.37 bits per heavy atom. The van der Waals surface area contributed by atoms with Crippen molar-refractivity contribution in [3.8, 4) is 5.75 Å². The van der Waals surface area contributed by atoms with Gasteiger partial charge in [0.2, 0.25) is 0 Å². The predicted octanol–water partition coefficient (Wildman–Crippen LogP) is 4.54. The molecule has 2 fully saturated rings. The summed E-state index contributed by atoms with van der Waals surface area (Å²) in [5.41, 5.74) is 1.72. The molecule has 0 bridgehead atoms. The van der Waals surface area contributed by atoms with Crippen LogP contribution in [0.1, 0.15) is 36.8 Å². The molecule has 0 saturated carbocycles. The number of carbonyl (C=O) groups is 2. The lowest BCUT2D eigenvalue weighted by molar-refractivity contribution is -0.136. The average molecular weight is 547 g/mol. The SMILES string of the molecule is O=C(O)Cc1cc(Br)ccc1OCC(=O)N1CCC(Cc2ccc(F)cc2)(CN2CCCC2)CC1. The largest absolute Gasteiger partial charge is 0.483 e. The van der Waals surface area contributed by atoms with Crippen molar-refractivity contribution >= 4 is 27.8 Å². The number of nitrogens with zero attached hydrogens (tertiary/aromatic N) is 2. The second-order valence-corrected chi connectivity index (χ2v) is 10.7. The fraction of sp³-hybridized carbons (Fsp3) is 0.481. The van der Waals surface area contributed by atoms with Gasteiger partial charge >= 0.3 is 5.97 Å². The first-order valence-corrected chi connectivity index (χ1v) is 13.0. The molecular formula is C27H32BrFN2O4. The van der Waals surface area contributed by atoms with E-state index in [1.54, 1.807) is 18.2 Å². The Hall–Kier alpha value is -2.45. The highest BCUT2D eigenvalue weighted by atomic mass is 79.9. The Balaban J connectivity index is 1.38. The number of aliphatic carboxylic acids is 1. The average Bonchev–Trinajstić information content (AvgIpc) is 3.33. The maximum atomic E-state index is 13.4. The summed E-state index contributed by atoms with van der Waals surface area (Å²) in [4.78, 5) is 28.5. The number of carboxylic acids is 1. The van der Waals surface area contributed by atoms with Gasteiger partial charge in [-0.2, -0.15) is 0 Å². The van der Waals surface area contributed by atoms with Crippen LogP contribution in [0.4, 0.5) is 4.39 Å². The van der Waals surface area contributed by atoms with Crippen molar-refractivity contribution in [2.75, 3.05) is 39.3 Å². The number of benzene rings is 2. The zero-order valence-electron chi connectivity index (χ0n) is 19.8. The van der Waals surface area contributed by atoms with Crippen LogP contribution in [0.2, 0.25) is 0 Å². The van der Waals surface area contributed by atoms with Gasteiger partial charge < -0.3 is 19.6 Å². The quantitative estimate of drug-likeness (QED) is 0.500. The number of hydrogen-bond donors (Lipinski definition) is 1. The van der Waals surface area contributed by atoms with Gasteiger partial charge in [0.25, 0.3) is 5.91 Å². The first-order chi connectivity index (χ1) is 16.8. The summed E-state index contributed by atoms with van der Waals surface area (Å²) in [6, 6.07) is 12.0. The molecule has 2 aromatic rings. The lowest BCUT2D eigenvalue weighted by atomic mass is 9.73. The third-order valence-electron chi connectivity index (χ3n) is 7.14. The Labute approximate surface area is 214 Å². The number of carbonyl (C=O) groups excluding carboxylic acids is 1. The molecule has 2 aromatic carbocycles. The van der Waals surface area contributed by atoms with E-state index < -0.39 is 5.97 Å². The van der Waals surface area contributed by atoms with Crippen LogP contribution in [0.3, 0.4) is 0 Å². The molecule has 1 N–H and O–H groups in total. The molecule has 35 heavy (non-hydrogen) atoms. The van der Waals surface area contributed by atoms with Crippen LogP contribution < -0.4 is 4.74 Å². The summed E-state index contributed by atoms with van der Waals surface area (Å²) < 4.78 is 20.0. The molecule has 0 spiro atoms. The van der Waals surface area contributed by atoms with E-state index in [-0.39, 0.29) is 30.2 Å². The van der Waals surface area contributed by atoms with Crippen LogP contribution >= 0.6 is 15.9 Å². The summed E-state index contributed by atoms with van der Waals surface area (Å²) in [5.74, 6) is -0.850. The summed E-state index contributed by atoms with van der Waals surface area (Å²) in [5, 5.41) is 9.17. The van der Waals surface area contributed by atoms with E-state index >= 15 is 0 Å². The van der Waals surface area contributed by atoms with E-state index in [4.69, 9.17) is 9.84 Å². The topological polar surface area (TPSA) is 70.1 Å². The molecule has 0 aliphatic carbocycles. The summed E-state index contributed by atoms with van der Waals surface area (Å²) in [6.07, 6.45) is 4.93. The minimum Gasteiger partial charge on any atom is -0.483 e. The van der Waals surface area contributed by atoms with Gasteiger partial charge in [0.05, 0.1) is 6.42 Å². The maximum Gasteiger partial charge on any atom is 0.307 e. The van der Waals surface area contributed by atoms with Crippen molar-refractivity contribution in [3.63, 3.8) is 0 Å². The molecule has 8 heteroatoms. The van der Waals surface area contributed by atoms with Gasteiger partial charge in [-0.1, -0.05) is 28.1 Å². The van der Waals surface area contributed by atoms with Crippen LogP contribution in [-0.2, 0) is 22.4 Å². The molecule has 0 aromatic heterocycles. The van der Waals surface area contributed by atoms with Crippen LogP contribution in [0, 0.1) is 11.2 Å². The van der Waals surface area contributed by atoms with Crippen LogP contribution in [0.15, 0.2) is 46.9 Å². The Bertz CT molecular complexity index is 1030. The zero-order valence-corrected chi connectivity index (χ0v) is 21.4. The van der Waals surface area contributed by atoms with E-state index in [9.17, 15) is 14.0 Å². The third-order valence-corrected chi connectivity index (χ3v) is 7.64. The number of rotatable bonds is 9. The molecule has 0 atom stereocenters. The fourth-order valence-electron chi connectivity index (χ4n) is 5.29. The molecule has 4 rings (SSSR count). The fourth-order valence-corrected chi connectivity index (χ4v) is 5.70. The monoisotopic (exact) mass is 546 g/mol. The van der Waals surface area contributed by atoms with Crippen molar-refractivity contribution in [2.24, 2.45) is 5.41 Å². The van der Waals surface area contributed by atoms with Gasteiger partial charge in [0.1, 0.15) is 11.6 Å².